The highest BCUT2D eigenvalue weighted by atomic mass is 16.6. The number of nitrogens with zero attached hydrogens (tertiary/aromatic N) is 1. The number of anilines is 1. The molecule has 1 aliphatic heterocycles. The van der Waals surface area contributed by atoms with Crippen LogP contribution in [0.1, 0.15) is 23.2 Å². The number of nitrogen functional groups attached to an aromatic ring is 1. The fourth-order valence-electron chi connectivity index (χ4n) is 2.21. The molecule has 1 saturated heterocycles. The van der Waals surface area contributed by atoms with Crippen molar-refractivity contribution >= 4 is 17.3 Å². The SMILES string of the molecule is Nc1c(C(=O)NCCC2CCOC2)cccc1[N+](=O)[O-]. The number of carbonyl (C=O) groups excluding carboxylic acids is 1. The van der Waals surface area contributed by atoms with Crippen molar-refractivity contribution in [3.05, 3.63) is 33.9 Å². The van der Waals surface area contributed by atoms with E-state index < -0.39 is 4.92 Å². The van der Waals surface area contributed by atoms with Crippen LogP contribution < -0.4 is 11.1 Å². The van der Waals surface area contributed by atoms with Gasteiger partial charge in [-0.1, -0.05) is 6.07 Å². The average molecular weight is 279 g/mol. The van der Waals surface area contributed by atoms with Crippen molar-refractivity contribution in [3.8, 4) is 0 Å². The average Bonchev–Trinajstić information content (AvgIpc) is 2.91. The first kappa shape index (κ1) is 14.3. The van der Waals surface area contributed by atoms with E-state index in [1.54, 1.807) is 0 Å². The molecule has 0 saturated carbocycles. The molecule has 20 heavy (non-hydrogen) atoms. The van der Waals surface area contributed by atoms with Crippen molar-refractivity contribution in [3.63, 3.8) is 0 Å². The second-order valence-electron chi connectivity index (χ2n) is 4.77. The summed E-state index contributed by atoms with van der Waals surface area (Å²) in [5.41, 5.74) is 5.45. The summed E-state index contributed by atoms with van der Waals surface area (Å²) in [5, 5.41) is 13.5. The Balaban J connectivity index is 1.95. The zero-order valence-electron chi connectivity index (χ0n) is 11.0. The van der Waals surface area contributed by atoms with Gasteiger partial charge in [0.2, 0.25) is 0 Å². The van der Waals surface area contributed by atoms with Crippen molar-refractivity contribution < 1.29 is 14.5 Å². The van der Waals surface area contributed by atoms with Gasteiger partial charge < -0.3 is 15.8 Å². The molecular formula is C13H17N3O4. The van der Waals surface area contributed by atoms with Crippen LogP contribution in [0.5, 0.6) is 0 Å². The molecule has 3 N–H and O–H groups in total. The number of nitrogens with two attached hydrogens (primary N) is 1. The first-order chi connectivity index (χ1) is 9.59. The number of nitro groups is 1. The summed E-state index contributed by atoms with van der Waals surface area (Å²) in [4.78, 5) is 22.1. The van der Waals surface area contributed by atoms with Gasteiger partial charge >= 0.3 is 0 Å². The first-order valence-corrected chi connectivity index (χ1v) is 6.48. The van der Waals surface area contributed by atoms with Crippen LogP contribution in [0.25, 0.3) is 0 Å². The Bertz CT molecular complexity index is 512. The lowest BCUT2D eigenvalue weighted by molar-refractivity contribution is -0.383. The molecule has 1 atom stereocenters. The minimum absolute atomic E-state index is 0.0980. The van der Waals surface area contributed by atoms with E-state index in [4.69, 9.17) is 10.5 Å². The molecule has 1 aromatic rings. The third-order valence-electron chi connectivity index (χ3n) is 3.39. The van der Waals surface area contributed by atoms with Crippen LogP contribution in [0, 0.1) is 16.0 Å². The minimum Gasteiger partial charge on any atom is -0.393 e. The van der Waals surface area contributed by atoms with Crippen molar-refractivity contribution in [1.29, 1.82) is 0 Å². The van der Waals surface area contributed by atoms with E-state index >= 15 is 0 Å². The van der Waals surface area contributed by atoms with Gasteiger partial charge in [-0.05, 0) is 24.8 Å². The van der Waals surface area contributed by atoms with Gasteiger partial charge in [0.05, 0.1) is 10.5 Å². The summed E-state index contributed by atoms with van der Waals surface area (Å²) in [5.74, 6) is 0.0860. The number of nitrogens with one attached hydrogen (secondary N) is 1. The number of carbonyl (C=O) groups is 1. The standard InChI is InChI=1S/C13H17N3O4/c14-12-10(2-1-3-11(12)16(18)19)13(17)15-6-4-9-5-7-20-8-9/h1-3,9H,4-8,14H2,(H,15,17). The third kappa shape index (κ3) is 3.24. The Kier molecular flexibility index (Phi) is 4.52. The van der Waals surface area contributed by atoms with Crippen LogP contribution in [0.3, 0.4) is 0 Å². The number of rotatable bonds is 5. The lowest BCUT2D eigenvalue weighted by atomic mass is 10.1. The number of benzene rings is 1. The monoisotopic (exact) mass is 279 g/mol. The molecule has 7 heteroatoms. The maximum absolute atomic E-state index is 12.0. The summed E-state index contributed by atoms with van der Waals surface area (Å²) >= 11 is 0. The topological polar surface area (TPSA) is 107 Å². The Morgan fingerprint density at radius 2 is 2.35 bits per heavy atom. The van der Waals surface area contributed by atoms with Gasteiger partial charge in [0.1, 0.15) is 5.69 Å². The number of hydrogen-bond donors (Lipinski definition) is 2. The van der Waals surface area contributed by atoms with Gasteiger partial charge in [0.15, 0.2) is 0 Å². The quantitative estimate of drug-likeness (QED) is 0.480. The maximum atomic E-state index is 12.0. The summed E-state index contributed by atoms with van der Waals surface area (Å²) in [6.07, 6.45) is 1.84. The van der Waals surface area contributed by atoms with E-state index in [2.05, 4.69) is 5.32 Å². The van der Waals surface area contributed by atoms with Gasteiger partial charge in [0, 0.05) is 25.8 Å². The maximum Gasteiger partial charge on any atom is 0.292 e. The van der Waals surface area contributed by atoms with Crippen LogP contribution in [0.2, 0.25) is 0 Å². The summed E-state index contributed by atoms with van der Waals surface area (Å²) in [6, 6.07) is 4.21. The molecule has 2 rings (SSSR count). The number of ether oxygens (including phenoxy) is 1. The van der Waals surface area contributed by atoms with Crippen molar-refractivity contribution in [2.24, 2.45) is 5.92 Å². The molecule has 1 unspecified atom stereocenters. The van der Waals surface area contributed by atoms with E-state index in [1.165, 1.54) is 18.2 Å². The number of amides is 1. The fourth-order valence-corrected chi connectivity index (χ4v) is 2.21. The molecule has 1 amide bonds. The zero-order chi connectivity index (χ0) is 14.5. The summed E-state index contributed by atoms with van der Waals surface area (Å²) in [6.45, 7) is 2.01. The van der Waals surface area contributed by atoms with E-state index in [0.29, 0.717) is 12.5 Å². The molecule has 0 radical (unpaired) electrons. The Labute approximate surface area is 116 Å². The zero-order valence-corrected chi connectivity index (χ0v) is 11.0. The van der Waals surface area contributed by atoms with Gasteiger partial charge in [-0.15, -0.1) is 0 Å². The van der Waals surface area contributed by atoms with Crippen molar-refractivity contribution in [2.75, 3.05) is 25.5 Å². The second kappa shape index (κ2) is 6.33. The van der Waals surface area contributed by atoms with Crippen LogP contribution in [0.4, 0.5) is 11.4 Å². The highest BCUT2D eigenvalue weighted by Crippen LogP contribution is 2.24. The largest absolute Gasteiger partial charge is 0.393 e. The molecule has 1 aromatic carbocycles. The number of hydrogen-bond acceptors (Lipinski definition) is 5. The lowest BCUT2D eigenvalue weighted by Gasteiger charge is -2.10. The Morgan fingerprint density at radius 3 is 3.00 bits per heavy atom. The Hall–Kier alpha value is -2.15. The Morgan fingerprint density at radius 1 is 1.55 bits per heavy atom. The lowest BCUT2D eigenvalue weighted by Crippen LogP contribution is -2.27. The van der Waals surface area contributed by atoms with E-state index in [-0.39, 0.29) is 22.8 Å². The summed E-state index contributed by atoms with van der Waals surface area (Å²) in [7, 11) is 0. The van der Waals surface area contributed by atoms with Gasteiger partial charge in [-0.2, -0.15) is 0 Å². The van der Waals surface area contributed by atoms with Gasteiger partial charge in [-0.25, -0.2) is 0 Å². The van der Waals surface area contributed by atoms with Crippen LogP contribution >= 0.6 is 0 Å². The van der Waals surface area contributed by atoms with Crippen molar-refractivity contribution in [2.45, 2.75) is 12.8 Å². The normalized spacial score (nSPS) is 17.9. The van der Waals surface area contributed by atoms with Crippen LogP contribution in [-0.4, -0.2) is 30.6 Å². The number of nitro benzene ring substituents is 1. The molecule has 0 bridgehead atoms. The van der Waals surface area contributed by atoms with Crippen LogP contribution in [-0.2, 0) is 4.74 Å². The smallest absolute Gasteiger partial charge is 0.292 e. The molecule has 0 spiro atoms. The molecular weight excluding hydrogens is 262 g/mol. The van der Waals surface area contributed by atoms with Crippen molar-refractivity contribution in [1.82, 2.24) is 5.32 Å². The second-order valence-corrected chi connectivity index (χ2v) is 4.77. The predicted octanol–water partition coefficient (Wildman–Crippen LogP) is 1.33. The van der Waals surface area contributed by atoms with E-state index in [1.807, 2.05) is 0 Å². The summed E-state index contributed by atoms with van der Waals surface area (Å²) < 4.78 is 5.25. The molecule has 0 aromatic heterocycles. The molecule has 108 valence electrons. The molecule has 1 heterocycles. The molecule has 1 fully saturated rings. The van der Waals surface area contributed by atoms with E-state index in [0.717, 1.165) is 26.1 Å². The highest BCUT2D eigenvalue weighted by molar-refractivity contribution is 6.00. The van der Waals surface area contributed by atoms with E-state index in [9.17, 15) is 14.9 Å². The van der Waals surface area contributed by atoms with Gasteiger partial charge in [0.25, 0.3) is 11.6 Å². The van der Waals surface area contributed by atoms with Gasteiger partial charge in [-0.3, -0.25) is 14.9 Å². The fraction of sp³-hybridized carbons (Fsp3) is 0.462. The molecule has 7 nitrogen and oxygen atoms in total. The first-order valence-electron chi connectivity index (χ1n) is 6.48. The minimum atomic E-state index is -0.595. The van der Waals surface area contributed by atoms with Crippen LogP contribution in [0.15, 0.2) is 18.2 Å². The molecule has 0 aliphatic carbocycles. The predicted molar refractivity (Wildman–Crippen MR) is 73.4 cm³/mol. The molecule has 1 aliphatic rings. The number of para-hydroxylation sites is 1. The highest BCUT2D eigenvalue weighted by Gasteiger charge is 2.19. The third-order valence-corrected chi connectivity index (χ3v) is 3.39.